The van der Waals surface area contributed by atoms with Crippen molar-refractivity contribution in [2.45, 2.75) is 52.4 Å². The Hall–Kier alpha value is -1.29. The lowest BCUT2D eigenvalue weighted by Gasteiger charge is -1.96. The average molecular weight is 232 g/mol. The molecule has 0 aromatic heterocycles. The van der Waals surface area contributed by atoms with Gasteiger partial charge in [0.25, 0.3) is 0 Å². The second kappa shape index (κ2) is 7.90. The first-order valence-electron chi connectivity index (χ1n) is 6.49. The zero-order valence-electron chi connectivity index (χ0n) is 10.9. The summed E-state index contributed by atoms with van der Waals surface area (Å²) in [6.45, 7) is 3.98. The van der Waals surface area contributed by atoms with E-state index in [-0.39, 0.29) is 5.82 Å². The molecule has 0 atom stereocenters. The van der Waals surface area contributed by atoms with Crippen molar-refractivity contribution in [1.29, 1.82) is 0 Å². The van der Waals surface area contributed by atoms with Crippen LogP contribution >= 0.6 is 0 Å². The Labute approximate surface area is 104 Å². The van der Waals surface area contributed by atoms with Gasteiger partial charge in [0.2, 0.25) is 0 Å². The molecule has 0 aliphatic rings. The predicted molar refractivity (Wildman–Crippen MR) is 71.4 cm³/mol. The smallest absolute Gasteiger partial charge is 0.127 e. The summed E-state index contributed by atoms with van der Waals surface area (Å²) in [5.74, 6) is 5.96. The van der Waals surface area contributed by atoms with Gasteiger partial charge in [-0.15, -0.1) is 0 Å². The van der Waals surface area contributed by atoms with Crippen LogP contribution in [0.25, 0.3) is 0 Å². The fourth-order valence-corrected chi connectivity index (χ4v) is 1.65. The Kier molecular flexibility index (Phi) is 6.40. The predicted octanol–water partition coefficient (Wildman–Crippen LogP) is 4.85. The molecular weight excluding hydrogens is 211 g/mol. The van der Waals surface area contributed by atoms with E-state index in [1.807, 2.05) is 6.07 Å². The van der Waals surface area contributed by atoms with Gasteiger partial charge in [0.1, 0.15) is 5.82 Å². The Morgan fingerprint density at radius 3 is 2.59 bits per heavy atom. The van der Waals surface area contributed by atoms with Gasteiger partial charge in [-0.1, -0.05) is 50.5 Å². The highest BCUT2D eigenvalue weighted by atomic mass is 19.1. The van der Waals surface area contributed by atoms with Crippen molar-refractivity contribution in [1.82, 2.24) is 0 Å². The minimum Gasteiger partial charge on any atom is -0.207 e. The van der Waals surface area contributed by atoms with Crippen LogP contribution in [0.3, 0.4) is 0 Å². The van der Waals surface area contributed by atoms with E-state index in [2.05, 4.69) is 18.8 Å². The van der Waals surface area contributed by atoms with Gasteiger partial charge >= 0.3 is 0 Å². The summed E-state index contributed by atoms with van der Waals surface area (Å²) in [4.78, 5) is 0. The van der Waals surface area contributed by atoms with Gasteiger partial charge in [0.15, 0.2) is 0 Å². The van der Waals surface area contributed by atoms with Crippen LogP contribution in [0.1, 0.15) is 56.6 Å². The van der Waals surface area contributed by atoms with Crippen molar-refractivity contribution in [2.75, 3.05) is 0 Å². The highest BCUT2D eigenvalue weighted by molar-refractivity contribution is 5.36. The zero-order chi connectivity index (χ0) is 12.5. The van der Waals surface area contributed by atoms with Crippen molar-refractivity contribution >= 4 is 0 Å². The minimum absolute atomic E-state index is 0.167. The quantitative estimate of drug-likeness (QED) is 0.503. The average Bonchev–Trinajstić information content (AvgIpc) is 2.32. The topological polar surface area (TPSA) is 0 Å². The van der Waals surface area contributed by atoms with Gasteiger partial charge in [0.05, 0.1) is 0 Å². The Bertz CT molecular complexity index is 396. The molecule has 1 aromatic carbocycles. The second-order valence-electron chi connectivity index (χ2n) is 4.43. The number of unbranched alkanes of at least 4 members (excludes halogenated alkanes) is 5. The van der Waals surface area contributed by atoms with Crippen LogP contribution in [0.4, 0.5) is 4.39 Å². The first-order valence-corrected chi connectivity index (χ1v) is 6.49. The largest absolute Gasteiger partial charge is 0.207 e. The van der Waals surface area contributed by atoms with Crippen LogP contribution < -0.4 is 0 Å². The summed E-state index contributed by atoms with van der Waals surface area (Å²) < 4.78 is 13.2. The molecule has 0 saturated carbocycles. The summed E-state index contributed by atoms with van der Waals surface area (Å²) in [5, 5.41) is 0. The molecule has 17 heavy (non-hydrogen) atoms. The molecule has 0 nitrogen and oxygen atoms in total. The Morgan fingerprint density at radius 1 is 1.12 bits per heavy atom. The monoisotopic (exact) mass is 232 g/mol. The van der Waals surface area contributed by atoms with Crippen molar-refractivity contribution in [3.8, 4) is 11.8 Å². The molecule has 0 unspecified atom stereocenters. The SMILES string of the molecule is CCCCCCCC#Cc1ccc(C)c(F)c1. The van der Waals surface area contributed by atoms with Gasteiger partial charge in [-0.05, 0) is 31.0 Å². The van der Waals surface area contributed by atoms with Gasteiger partial charge < -0.3 is 0 Å². The van der Waals surface area contributed by atoms with E-state index >= 15 is 0 Å². The molecule has 0 radical (unpaired) electrons. The fraction of sp³-hybridized carbons (Fsp3) is 0.500. The van der Waals surface area contributed by atoms with Gasteiger partial charge in [0, 0.05) is 12.0 Å². The van der Waals surface area contributed by atoms with E-state index in [1.54, 1.807) is 13.0 Å². The van der Waals surface area contributed by atoms with E-state index in [1.165, 1.54) is 31.7 Å². The van der Waals surface area contributed by atoms with Crippen LogP contribution in [-0.4, -0.2) is 0 Å². The highest BCUT2D eigenvalue weighted by Gasteiger charge is 1.96. The summed E-state index contributed by atoms with van der Waals surface area (Å²) in [5.41, 5.74) is 1.46. The van der Waals surface area contributed by atoms with E-state index < -0.39 is 0 Å². The van der Waals surface area contributed by atoms with Crippen molar-refractivity contribution in [2.24, 2.45) is 0 Å². The molecule has 1 aromatic rings. The molecule has 92 valence electrons. The van der Waals surface area contributed by atoms with Crippen molar-refractivity contribution in [3.05, 3.63) is 35.1 Å². The summed E-state index contributed by atoms with van der Waals surface area (Å²) in [7, 11) is 0. The molecule has 0 spiro atoms. The molecule has 1 rings (SSSR count). The molecule has 1 heteroatoms. The number of rotatable bonds is 5. The van der Waals surface area contributed by atoms with E-state index in [4.69, 9.17) is 0 Å². The first kappa shape index (κ1) is 13.8. The highest BCUT2D eigenvalue weighted by Crippen LogP contribution is 2.08. The number of hydrogen-bond acceptors (Lipinski definition) is 0. The maximum Gasteiger partial charge on any atom is 0.127 e. The molecule has 0 N–H and O–H groups in total. The third-order valence-corrected chi connectivity index (χ3v) is 2.81. The summed E-state index contributed by atoms with van der Waals surface area (Å²) in [6, 6.07) is 5.17. The molecule has 0 fully saturated rings. The molecular formula is C16H21F. The lowest BCUT2D eigenvalue weighted by atomic mass is 10.1. The van der Waals surface area contributed by atoms with Gasteiger partial charge in [-0.3, -0.25) is 0 Å². The van der Waals surface area contributed by atoms with Gasteiger partial charge in [-0.2, -0.15) is 0 Å². The standard InChI is InChI=1S/C16H21F/c1-3-4-5-6-7-8-9-10-15-12-11-14(2)16(17)13-15/h11-13H,3-8H2,1-2H3. The summed E-state index contributed by atoms with van der Waals surface area (Å²) >= 11 is 0. The van der Waals surface area contributed by atoms with Crippen LogP contribution in [0, 0.1) is 24.6 Å². The lowest BCUT2D eigenvalue weighted by molar-refractivity contribution is 0.618. The second-order valence-corrected chi connectivity index (χ2v) is 4.43. The summed E-state index contributed by atoms with van der Waals surface area (Å²) in [6.07, 6.45) is 7.22. The number of halogens is 1. The zero-order valence-corrected chi connectivity index (χ0v) is 10.9. The van der Waals surface area contributed by atoms with E-state index in [0.29, 0.717) is 5.56 Å². The lowest BCUT2D eigenvalue weighted by Crippen LogP contribution is -1.83. The van der Waals surface area contributed by atoms with Crippen LogP contribution in [0.2, 0.25) is 0 Å². The Balaban J connectivity index is 2.31. The third-order valence-electron chi connectivity index (χ3n) is 2.81. The fourth-order valence-electron chi connectivity index (χ4n) is 1.65. The maximum absolute atomic E-state index is 13.2. The maximum atomic E-state index is 13.2. The van der Waals surface area contributed by atoms with Crippen LogP contribution in [-0.2, 0) is 0 Å². The minimum atomic E-state index is -0.167. The molecule has 0 saturated heterocycles. The van der Waals surface area contributed by atoms with Gasteiger partial charge in [-0.25, -0.2) is 4.39 Å². The number of aryl methyl sites for hydroxylation is 1. The van der Waals surface area contributed by atoms with E-state index in [0.717, 1.165) is 18.4 Å². The molecule has 0 amide bonds. The molecule has 0 aliphatic carbocycles. The number of benzene rings is 1. The molecule has 0 bridgehead atoms. The third kappa shape index (κ3) is 5.54. The number of hydrogen-bond donors (Lipinski definition) is 0. The Morgan fingerprint density at radius 2 is 1.88 bits per heavy atom. The first-order chi connectivity index (χ1) is 8.24. The molecule has 0 heterocycles. The van der Waals surface area contributed by atoms with Crippen LogP contribution in [0.15, 0.2) is 18.2 Å². The van der Waals surface area contributed by atoms with Crippen molar-refractivity contribution in [3.63, 3.8) is 0 Å². The van der Waals surface area contributed by atoms with E-state index in [9.17, 15) is 4.39 Å². The van der Waals surface area contributed by atoms with Crippen molar-refractivity contribution < 1.29 is 4.39 Å². The van der Waals surface area contributed by atoms with Crippen LogP contribution in [0.5, 0.6) is 0 Å². The molecule has 0 aliphatic heterocycles. The normalized spacial score (nSPS) is 9.82.